The lowest BCUT2D eigenvalue weighted by Crippen LogP contribution is -2.34. The lowest BCUT2D eigenvalue weighted by atomic mass is 10.2. The highest BCUT2D eigenvalue weighted by atomic mass is 79.9. The molecule has 1 fully saturated rings. The van der Waals surface area contributed by atoms with E-state index >= 15 is 0 Å². The zero-order chi connectivity index (χ0) is 11.7. The predicted molar refractivity (Wildman–Crippen MR) is 63.8 cm³/mol. The highest BCUT2D eigenvalue weighted by Crippen LogP contribution is 2.27. The van der Waals surface area contributed by atoms with Crippen LogP contribution in [0.25, 0.3) is 0 Å². The van der Waals surface area contributed by atoms with Gasteiger partial charge in [-0.1, -0.05) is 15.9 Å². The summed E-state index contributed by atoms with van der Waals surface area (Å²) >= 11 is 3.33. The van der Waals surface area contributed by atoms with E-state index in [0.717, 1.165) is 4.47 Å². The fourth-order valence-corrected chi connectivity index (χ4v) is 2.11. The summed E-state index contributed by atoms with van der Waals surface area (Å²) in [7, 11) is 0. The van der Waals surface area contributed by atoms with Crippen LogP contribution in [0.2, 0.25) is 0 Å². The van der Waals surface area contributed by atoms with E-state index in [1.54, 1.807) is 23.1 Å². The zero-order valence-electron chi connectivity index (χ0n) is 8.48. The monoisotopic (exact) mass is 279 g/mol. The Kier molecular flexibility index (Phi) is 2.95. The van der Waals surface area contributed by atoms with Crippen LogP contribution in [0.1, 0.15) is 12.0 Å². The van der Waals surface area contributed by atoms with Gasteiger partial charge in [-0.3, -0.25) is 4.79 Å². The van der Waals surface area contributed by atoms with Gasteiger partial charge >= 0.3 is 0 Å². The van der Waals surface area contributed by atoms with E-state index < -0.39 is 6.04 Å². The van der Waals surface area contributed by atoms with Gasteiger partial charge in [-0.25, -0.2) is 0 Å². The Hall–Kier alpha value is -1.38. The number of hydrogen-bond acceptors (Lipinski definition) is 3. The van der Waals surface area contributed by atoms with Crippen LogP contribution in [-0.4, -0.2) is 18.5 Å². The number of nitrogens with two attached hydrogens (primary N) is 1. The van der Waals surface area contributed by atoms with Crippen molar-refractivity contribution in [3.8, 4) is 6.07 Å². The molecule has 1 aliphatic heterocycles. The molecule has 1 heterocycles. The van der Waals surface area contributed by atoms with Gasteiger partial charge in [0, 0.05) is 11.0 Å². The molecule has 1 aromatic rings. The molecule has 5 heteroatoms. The quantitative estimate of drug-likeness (QED) is 0.845. The number of hydrogen-bond donors (Lipinski definition) is 1. The highest BCUT2D eigenvalue weighted by molar-refractivity contribution is 9.10. The first-order valence-corrected chi connectivity index (χ1v) is 5.69. The lowest BCUT2D eigenvalue weighted by Gasteiger charge is -2.17. The van der Waals surface area contributed by atoms with Crippen molar-refractivity contribution in [2.75, 3.05) is 11.4 Å². The molecule has 82 valence electrons. The smallest absolute Gasteiger partial charge is 0.244 e. The number of nitrogens with zero attached hydrogens (tertiary/aromatic N) is 2. The number of carbonyl (C=O) groups excluding carboxylic acids is 1. The maximum absolute atomic E-state index is 11.8. The molecule has 0 saturated carbocycles. The number of rotatable bonds is 1. The van der Waals surface area contributed by atoms with Crippen LogP contribution in [0.5, 0.6) is 0 Å². The van der Waals surface area contributed by atoms with Crippen molar-refractivity contribution >= 4 is 27.5 Å². The normalized spacial score (nSPS) is 19.9. The van der Waals surface area contributed by atoms with E-state index in [2.05, 4.69) is 22.0 Å². The van der Waals surface area contributed by atoms with Crippen molar-refractivity contribution in [3.63, 3.8) is 0 Å². The third kappa shape index (κ3) is 1.82. The highest BCUT2D eigenvalue weighted by Gasteiger charge is 2.30. The summed E-state index contributed by atoms with van der Waals surface area (Å²) in [4.78, 5) is 13.3. The van der Waals surface area contributed by atoms with Gasteiger partial charge in [0.25, 0.3) is 0 Å². The Bertz CT molecular complexity index is 481. The van der Waals surface area contributed by atoms with Crippen LogP contribution < -0.4 is 10.6 Å². The fraction of sp³-hybridized carbons (Fsp3) is 0.273. The molecular weight excluding hydrogens is 270 g/mol. The first kappa shape index (κ1) is 11.1. The SMILES string of the molecule is N#Cc1ccc(Br)cc1N1CCC(N)C1=O. The third-order valence-electron chi connectivity index (χ3n) is 2.62. The molecule has 4 nitrogen and oxygen atoms in total. The van der Waals surface area contributed by atoms with Gasteiger partial charge < -0.3 is 10.6 Å². The van der Waals surface area contributed by atoms with Gasteiger partial charge in [-0.05, 0) is 24.6 Å². The Morgan fingerprint density at radius 2 is 2.31 bits per heavy atom. The second kappa shape index (κ2) is 4.24. The Morgan fingerprint density at radius 3 is 2.88 bits per heavy atom. The Balaban J connectivity index is 2.44. The van der Waals surface area contributed by atoms with E-state index in [1.807, 2.05) is 0 Å². The molecule has 0 aromatic heterocycles. The fourth-order valence-electron chi connectivity index (χ4n) is 1.76. The van der Waals surface area contributed by atoms with Crippen molar-refractivity contribution < 1.29 is 4.79 Å². The molecule has 1 aliphatic rings. The number of nitriles is 1. The maximum Gasteiger partial charge on any atom is 0.244 e. The van der Waals surface area contributed by atoms with E-state index in [-0.39, 0.29) is 5.91 Å². The molecule has 0 aliphatic carbocycles. The van der Waals surface area contributed by atoms with Crippen LogP contribution in [0.3, 0.4) is 0 Å². The van der Waals surface area contributed by atoms with Crippen molar-refractivity contribution in [1.29, 1.82) is 5.26 Å². The van der Waals surface area contributed by atoms with Crippen LogP contribution >= 0.6 is 15.9 Å². The largest absolute Gasteiger partial charge is 0.320 e. The van der Waals surface area contributed by atoms with Crippen molar-refractivity contribution in [1.82, 2.24) is 0 Å². The van der Waals surface area contributed by atoms with Crippen LogP contribution in [0, 0.1) is 11.3 Å². The summed E-state index contributed by atoms with van der Waals surface area (Å²) in [6.07, 6.45) is 0.635. The molecule has 1 amide bonds. The van der Waals surface area contributed by atoms with Crippen molar-refractivity contribution in [2.45, 2.75) is 12.5 Å². The summed E-state index contributed by atoms with van der Waals surface area (Å²) in [6, 6.07) is 6.88. The van der Waals surface area contributed by atoms with E-state index in [1.165, 1.54) is 0 Å². The van der Waals surface area contributed by atoms with Crippen molar-refractivity contribution in [3.05, 3.63) is 28.2 Å². The summed E-state index contributed by atoms with van der Waals surface area (Å²) in [5, 5.41) is 8.99. The summed E-state index contributed by atoms with van der Waals surface area (Å²) in [5.41, 5.74) is 6.78. The van der Waals surface area contributed by atoms with Crippen molar-refractivity contribution in [2.24, 2.45) is 5.73 Å². The van der Waals surface area contributed by atoms with Gasteiger partial charge in [-0.2, -0.15) is 5.26 Å². The Morgan fingerprint density at radius 1 is 1.56 bits per heavy atom. The number of anilines is 1. The topological polar surface area (TPSA) is 70.1 Å². The molecule has 1 aromatic carbocycles. The molecule has 1 saturated heterocycles. The third-order valence-corrected chi connectivity index (χ3v) is 3.11. The molecule has 16 heavy (non-hydrogen) atoms. The summed E-state index contributed by atoms with van der Waals surface area (Å²) < 4.78 is 0.842. The number of amides is 1. The van der Waals surface area contributed by atoms with Gasteiger partial charge in [0.2, 0.25) is 5.91 Å². The molecule has 1 atom stereocenters. The van der Waals surface area contributed by atoms with E-state index in [9.17, 15) is 4.79 Å². The Labute approximate surface area is 102 Å². The van der Waals surface area contributed by atoms with Gasteiger partial charge in [0.15, 0.2) is 0 Å². The number of carbonyl (C=O) groups is 1. The van der Waals surface area contributed by atoms with Crippen LogP contribution in [0.4, 0.5) is 5.69 Å². The minimum atomic E-state index is -0.439. The summed E-state index contributed by atoms with van der Waals surface area (Å²) in [6.45, 7) is 0.575. The average molecular weight is 280 g/mol. The van der Waals surface area contributed by atoms with Gasteiger partial charge in [-0.15, -0.1) is 0 Å². The molecular formula is C11H10BrN3O. The minimum Gasteiger partial charge on any atom is -0.320 e. The van der Waals surface area contributed by atoms with E-state index in [4.69, 9.17) is 11.0 Å². The van der Waals surface area contributed by atoms with E-state index in [0.29, 0.717) is 24.2 Å². The molecule has 2 N–H and O–H groups in total. The molecule has 1 unspecified atom stereocenters. The number of halogens is 1. The zero-order valence-corrected chi connectivity index (χ0v) is 10.1. The molecule has 0 spiro atoms. The molecule has 0 radical (unpaired) electrons. The molecule has 2 rings (SSSR count). The second-order valence-corrected chi connectivity index (χ2v) is 4.57. The predicted octanol–water partition coefficient (Wildman–Crippen LogP) is 1.38. The van der Waals surface area contributed by atoms with Crippen LogP contribution in [0.15, 0.2) is 22.7 Å². The van der Waals surface area contributed by atoms with Gasteiger partial charge in [0.05, 0.1) is 17.3 Å². The first-order valence-electron chi connectivity index (χ1n) is 4.90. The second-order valence-electron chi connectivity index (χ2n) is 3.66. The summed E-state index contributed by atoms with van der Waals surface area (Å²) in [5.74, 6) is -0.116. The molecule has 0 bridgehead atoms. The number of benzene rings is 1. The standard InChI is InChI=1S/C11H10BrN3O/c12-8-2-1-7(6-13)10(5-8)15-4-3-9(14)11(15)16/h1-2,5,9H,3-4,14H2. The van der Waals surface area contributed by atoms with Crippen LogP contribution in [-0.2, 0) is 4.79 Å². The van der Waals surface area contributed by atoms with Gasteiger partial charge in [0.1, 0.15) is 6.07 Å². The maximum atomic E-state index is 11.8. The average Bonchev–Trinajstić information content (AvgIpc) is 2.60. The minimum absolute atomic E-state index is 0.116. The lowest BCUT2D eigenvalue weighted by molar-refractivity contribution is -0.118. The first-order chi connectivity index (χ1) is 7.63.